The fourth-order valence-electron chi connectivity index (χ4n) is 1.68. The quantitative estimate of drug-likeness (QED) is 0.753. The minimum absolute atomic E-state index is 0.0145. The molecular weight excluding hydrogens is 266 g/mol. The van der Waals surface area contributed by atoms with Crippen LogP contribution in [0.3, 0.4) is 0 Å². The van der Waals surface area contributed by atoms with Gasteiger partial charge in [0.05, 0.1) is 18.8 Å². The zero-order valence-electron chi connectivity index (χ0n) is 10.4. The van der Waals surface area contributed by atoms with Crippen LogP contribution in [0.1, 0.15) is 17.4 Å². The summed E-state index contributed by atoms with van der Waals surface area (Å²) in [6, 6.07) is 8.21. The van der Waals surface area contributed by atoms with Crippen LogP contribution >= 0.6 is 0 Å². The van der Waals surface area contributed by atoms with Crippen LogP contribution in [0.2, 0.25) is 0 Å². The Morgan fingerprint density at radius 1 is 1.37 bits per heavy atom. The fourth-order valence-corrected chi connectivity index (χ4v) is 2.87. The molecule has 7 heteroatoms. The molecule has 3 N–H and O–H groups in total. The molecule has 0 aliphatic carbocycles. The first-order valence-electron chi connectivity index (χ1n) is 5.72. The summed E-state index contributed by atoms with van der Waals surface area (Å²) >= 11 is 0. The fraction of sp³-hybridized carbons (Fsp3) is 0.250. The Balaban J connectivity index is 2.23. The van der Waals surface area contributed by atoms with Crippen molar-refractivity contribution in [3.8, 4) is 0 Å². The van der Waals surface area contributed by atoms with E-state index in [0.717, 1.165) is 0 Å². The van der Waals surface area contributed by atoms with Gasteiger partial charge in [0.25, 0.3) is 10.0 Å². The number of aryl methyl sites for hydroxylation is 1. The van der Waals surface area contributed by atoms with E-state index in [2.05, 4.69) is 14.7 Å². The van der Waals surface area contributed by atoms with Crippen molar-refractivity contribution >= 4 is 10.0 Å². The van der Waals surface area contributed by atoms with E-state index in [4.69, 9.17) is 0 Å². The van der Waals surface area contributed by atoms with Gasteiger partial charge in [0.2, 0.25) is 0 Å². The van der Waals surface area contributed by atoms with E-state index >= 15 is 0 Å². The lowest BCUT2D eigenvalue weighted by Crippen LogP contribution is -2.31. The Morgan fingerprint density at radius 2 is 2.05 bits per heavy atom. The normalized spacial score (nSPS) is 13.4. The molecule has 1 aromatic heterocycles. The summed E-state index contributed by atoms with van der Waals surface area (Å²) in [7, 11) is -3.73. The molecule has 0 bridgehead atoms. The second kappa shape index (κ2) is 5.52. The maximum Gasteiger partial charge on any atom is 0.258 e. The number of nitrogens with one attached hydrogen (secondary N) is 2. The number of aromatic nitrogens is 2. The highest BCUT2D eigenvalue weighted by Gasteiger charge is 2.22. The lowest BCUT2D eigenvalue weighted by atomic mass is 10.1. The Bertz CT molecular complexity index is 637. The summed E-state index contributed by atoms with van der Waals surface area (Å²) in [5.41, 5.74) is 0.699. The van der Waals surface area contributed by atoms with Gasteiger partial charge < -0.3 is 10.1 Å². The first-order chi connectivity index (χ1) is 9.03. The molecule has 0 spiro atoms. The smallest absolute Gasteiger partial charge is 0.258 e. The second-order valence-electron chi connectivity index (χ2n) is 4.10. The highest BCUT2D eigenvalue weighted by atomic mass is 32.2. The van der Waals surface area contributed by atoms with Crippen molar-refractivity contribution in [2.24, 2.45) is 0 Å². The molecule has 0 radical (unpaired) electrons. The van der Waals surface area contributed by atoms with E-state index in [9.17, 15) is 13.5 Å². The predicted octanol–water partition coefficient (Wildman–Crippen LogP) is 0.730. The molecule has 0 unspecified atom stereocenters. The van der Waals surface area contributed by atoms with Crippen molar-refractivity contribution in [2.75, 3.05) is 6.61 Å². The van der Waals surface area contributed by atoms with Crippen LogP contribution in [0.15, 0.2) is 41.6 Å². The number of hydrogen-bond donors (Lipinski definition) is 3. The molecule has 0 aliphatic rings. The maximum absolute atomic E-state index is 12.1. The maximum atomic E-state index is 12.1. The van der Waals surface area contributed by atoms with E-state index in [0.29, 0.717) is 11.4 Å². The van der Waals surface area contributed by atoms with Gasteiger partial charge in [-0.15, -0.1) is 0 Å². The number of aliphatic hydroxyl groups excluding tert-OH is 1. The average molecular weight is 281 g/mol. The molecule has 19 heavy (non-hydrogen) atoms. The van der Waals surface area contributed by atoms with Crippen molar-refractivity contribution in [1.82, 2.24) is 14.7 Å². The van der Waals surface area contributed by atoms with Gasteiger partial charge in [-0.25, -0.2) is 18.1 Å². The van der Waals surface area contributed by atoms with E-state index in [1.165, 1.54) is 6.20 Å². The van der Waals surface area contributed by atoms with Crippen LogP contribution in [0, 0.1) is 6.92 Å². The number of benzene rings is 1. The summed E-state index contributed by atoms with van der Waals surface area (Å²) in [5, 5.41) is 9.33. The summed E-state index contributed by atoms with van der Waals surface area (Å²) < 4.78 is 26.6. The summed E-state index contributed by atoms with van der Waals surface area (Å²) in [4.78, 5) is 6.51. The van der Waals surface area contributed by atoms with Crippen LogP contribution < -0.4 is 4.72 Å². The summed E-state index contributed by atoms with van der Waals surface area (Å²) in [6.45, 7) is 1.34. The monoisotopic (exact) mass is 281 g/mol. The number of aliphatic hydroxyl groups is 1. The van der Waals surface area contributed by atoms with Crippen molar-refractivity contribution in [1.29, 1.82) is 0 Å². The SMILES string of the molecule is Cc1ncc(S(=O)(=O)N[C@@H](CO)c2ccccc2)[nH]1. The molecule has 6 nitrogen and oxygen atoms in total. The van der Waals surface area contributed by atoms with Gasteiger partial charge in [0.1, 0.15) is 5.82 Å². The third-order valence-electron chi connectivity index (χ3n) is 2.65. The molecule has 0 saturated carbocycles. The number of nitrogens with zero attached hydrogens (tertiary/aromatic N) is 1. The average Bonchev–Trinajstić information content (AvgIpc) is 2.85. The van der Waals surface area contributed by atoms with Crippen LogP contribution in [0.4, 0.5) is 0 Å². The van der Waals surface area contributed by atoms with Crippen molar-refractivity contribution in [3.05, 3.63) is 47.9 Å². The van der Waals surface area contributed by atoms with E-state index in [-0.39, 0.29) is 11.6 Å². The largest absolute Gasteiger partial charge is 0.394 e. The van der Waals surface area contributed by atoms with Crippen LogP contribution in [-0.2, 0) is 10.0 Å². The number of sulfonamides is 1. The van der Waals surface area contributed by atoms with Gasteiger partial charge in [-0.2, -0.15) is 0 Å². The van der Waals surface area contributed by atoms with Crippen molar-refractivity contribution < 1.29 is 13.5 Å². The van der Waals surface area contributed by atoms with E-state index < -0.39 is 16.1 Å². The summed E-state index contributed by atoms with van der Waals surface area (Å²) in [5.74, 6) is 0.514. The molecule has 1 aromatic carbocycles. The number of aromatic amines is 1. The third-order valence-corrected chi connectivity index (χ3v) is 4.03. The summed E-state index contributed by atoms with van der Waals surface area (Å²) in [6.07, 6.45) is 1.25. The molecular formula is C12H15N3O3S. The van der Waals surface area contributed by atoms with Gasteiger partial charge in [0, 0.05) is 0 Å². The Morgan fingerprint density at radius 3 is 2.58 bits per heavy atom. The zero-order chi connectivity index (χ0) is 13.9. The number of rotatable bonds is 5. The Hall–Kier alpha value is -1.70. The Labute approximate surface area is 111 Å². The zero-order valence-corrected chi connectivity index (χ0v) is 11.2. The first kappa shape index (κ1) is 13.7. The lowest BCUT2D eigenvalue weighted by molar-refractivity contribution is 0.259. The molecule has 102 valence electrons. The minimum Gasteiger partial charge on any atom is -0.394 e. The molecule has 0 amide bonds. The second-order valence-corrected chi connectivity index (χ2v) is 5.78. The van der Waals surface area contributed by atoms with E-state index in [1.807, 2.05) is 6.07 Å². The van der Waals surface area contributed by atoms with Crippen molar-refractivity contribution in [3.63, 3.8) is 0 Å². The van der Waals surface area contributed by atoms with Crippen LogP contribution in [0.5, 0.6) is 0 Å². The molecule has 0 saturated heterocycles. The highest BCUT2D eigenvalue weighted by molar-refractivity contribution is 7.89. The van der Waals surface area contributed by atoms with Crippen LogP contribution in [0.25, 0.3) is 0 Å². The van der Waals surface area contributed by atoms with E-state index in [1.54, 1.807) is 31.2 Å². The van der Waals surface area contributed by atoms with Crippen LogP contribution in [-0.4, -0.2) is 30.1 Å². The van der Waals surface area contributed by atoms with Gasteiger partial charge >= 0.3 is 0 Å². The first-order valence-corrected chi connectivity index (χ1v) is 7.21. The standard InChI is InChI=1S/C12H15N3O3S/c1-9-13-7-12(14-9)19(17,18)15-11(8-16)10-5-3-2-4-6-10/h2-7,11,15-16H,8H2,1H3,(H,13,14)/t11-/m0/s1. The van der Waals surface area contributed by atoms with Crippen molar-refractivity contribution in [2.45, 2.75) is 18.0 Å². The Kier molecular flexibility index (Phi) is 3.98. The van der Waals surface area contributed by atoms with Gasteiger partial charge in [0.15, 0.2) is 5.03 Å². The number of H-pyrrole nitrogens is 1. The number of hydrogen-bond acceptors (Lipinski definition) is 4. The molecule has 1 heterocycles. The van der Waals surface area contributed by atoms with Gasteiger partial charge in [-0.05, 0) is 12.5 Å². The molecule has 2 rings (SSSR count). The minimum atomic E-state index is -3.73. The number of imidazole rings is 1. The van der Waals surface area contributed by atoms with Gasteiger partial charge in [-0.3, -0.25) is 0 Å². The highest BCUT2D eigenvalue weighted by Crippen LogP contribution is 2.15. The molecule has 1 atom stereocenters. The molecule has 0 fully saturated rings. The molecule has 0 aliphatic heterocycles. The lowest BCUT2D eigenvalue weighted by Gasteiger charge is -2.15. The predicted molar refractivity (Wildman–Crippen MR) is 69.9 cm³/mol. The third kappa shape index (κ3) is 3.19. The van der Waals surface area contributed by atoms with Gasteiger partial charge in [-0.1, -0.05) is 30.3 Å². The topological polar surface area (TPSA) is 95.1 Å². The molecule has 2 aromatic rings.